The van der Waals surface area contributed by atoms with E-state index in [1.807, 2.05) is 25.7 Å². The molecule has 0 spiro atoms. The van der Waals surface area contributed by atoms with Gasteiger partial charge in [0.2, 0.25) is 6.10 Å². The Bertz CT molecular complexity index is 453. The molecule has 154 valence electrons. The Labute approximate surface area is 150 Å². The predicted molar refractivity (Wildman–Crippen MR) is 83.8 cm³/mol. The molecule has 0 aliphatic carbocycles. The van der Waals surface area contributed by atoms with E-state index in [0.717, 1.165) is 12.8 Å². The van der Waals surface area contributed by atoms with Gasteiger partial charge in [0.15, 0.2) is 0 Å². The Morgan fingerprint density at radius 2 is 1.62 bits per heavy atom. The van der Waals surface area contributed by atoms with Crippen molar-refractivity contribution in [1.29, 1.82) is 0 Å². The Kier molecular flexibility index (Phi) is 6.55. The summed E-state index contributed by atoms with van der Waals surface area (Å²) in [5.74, 6) is 0.334. The van der Waals surface area contributed by atoms with Gasteiger partial charge < -0.3 is 9.47 Å². The number of hydrogen-bond acceptors (Lipinski definition) is 3. The average molecular weight is 391 g/mol. The molecule has 0 radical (unpaired) electrons. The smallest absolute Gasteiger partial charge is 0.376 e. The summed E-state index contributed by atoms with van der Waals surface area (Å²) in [6.45, 7) is 6.56. The standard InChI is InChI=1S/C17H27F6NO2/c1-11(2)12(3)26-10-15-6-4-8-24(15)13(5-7-15)9-25-14(16(18,19)20)17(21,22)23/h11-14H,4-10H2,1-3H3/t12-,13+,15+/m1/s1. The van der Waals surface area contributed by atoms with Crippen molar-refractivity contribution in [2.45, 2.75) is 82.6 Å². The van der Waals surface area contributed by atoms with Gasteiger partial charge in [0.1, 0.15) is 0 Å². The van der Waals surface area contributed by atoms with Gasteiger partial charge in [-0.25, -0.2) is 0 Å². The maximum absolute atomic E-state index is 12.6. The lowest BCUT2D eigenvalue weighted by molar-refractivity contribution is -0.323. The van der Waals surface area contributed by atoms with Crippen molar-refractivity contribution in [3.63, 3.8) is 0 Å². The summed E-state index contributed by atoms with van der Waals surface area (Å²) < 4.78 is 86.1. The van der Waals surface area contributed by atoms with Gasteiger partial charge in [-0.2, -0.15) is 26.3 Å². The van der Waals surface area contributed by atoms with Gasteiger partial charge in [-0.1, -0.05) is 13.8 Å². The minimum absolute atomic E-state index is 0.0435. The van der Waals surface area contributed by atoms with Crippen LogP contribution in [0.2, 0.25) is 0 Å². The summed E-state index contributed by atoms with van der Waals surface area (Å²) in [5.41, 5.74) is -0.289. The molecule has 0 unspecified atom stereocenters. The van der Waals surface area contributed by atoms with Crippen molar-refractivity contribution in [1.82, 2.24) is 4.90 Å². The van der Waals surface area contributed by atoms with Crippen LogP contribution in [0.25, 0.3) is 0 Å². The maximum atomic E-state index is 12.6. The van der Waals surface area contributed by atoms with E-state index in [0.29, 0.717) is 31.9 Å². The highest BCUT2D eigenvalue weighted by atomic mass is 19.4. The fourth-order valence-corrected chi connectivity index (χ4v) is 3.85. The zero-order valence-corrected chi connectivity index (χ0v) is 15.3. The number of hydrogen-bond donors (Lipinski definition) is 0. The number of rotatable bonds is 7. The third kappa shape index (κ3) is 4.84. The summed E-state index contributed by atoms with van der Waals surface area (Å²) in [4.78, 5) is 2.00. The average Bonchev–Trinajstić information content (AvgIpc) is 3.02. The van der Waals surface area contributed by atoms with Crippen LogP contribution in [0.5, 0.6) is 0 Å². The molecule has 0 amide bonds. The molecule has 0 bridgehead atoms. The molecule has 0 saturated carbocycles. The highest BCUT2D eigenvalue weighted by Gasteiger charge is 2.59. The molecular weight excluding hydrogens is 364 g/mol. The van der Waals surface area contributed by atoms with Crippen molar-refractivity contribution < 1.29 is 35.8 Å². The van der Waals surface area contributed by atoms with Crippen LogP contribution in [0.4, 0.5) is 26.3 Å². The molecule has 26 heavy (non-hydrogen) atoms. The van der Waals surface area contributed by atoms with Crippen LogP contribution in [-0.2, 0) is 9.47 Å². The van der Waals surface area contributed by atoms with Gasteiger partial charge >= 0.3 is 12.4 Å². The van der Waals surface area contributed by atoms with E-state index in [2.05, 4.69) is 4.74 Å². The number of alkyl halides is 6. The third-order valence-electron chi connectivity index (χ3n) is 5.64. The van der Waals surface area contributed by atoms with E-state index < -0.39 is 31.1 Å². The van der Waals surface area contributed by atoms with E-state index >= 15 is 0 Å². The van der Waals surface area contributed by atoms with Crippen molar-refractivity contribution in [2.75, 3.05) is 19.8 Å². The molecule has 3 atom stereocenters. The summed E-state index contributed by atoms with van der Waals surface area (Å²) in [5, 5.41) is 0. The Morgan fingerprint density at radius 3 is 2.15 bits per heavy atom. The van der Waals surface area contributed by atoms with E-state index in [4.69, 9.17) is 4.74 Å². The fraction of sp³-hybridized carbons (Fsp3) is 1.00. The third-order valence-corrected chi connectivity index (χ3v) is 5.64. The van der Waals surface area contributed by atoms with Crippen molar-refractivity contribution in [3.8, 4) is 0 Å². The van der Waals surface area contributed by atoms with Crippen LogP contribution < -0.4 is 0 Å². The van der Waals surface area contributed by atoms with Gasteiger partial charge in [0.25, 0.3) is 0 Å². The number of fused-ring (bicyclic) bond motifs is 1. The maximum Gasteiger partial charge on any atom is 0.423 e. The molecule has 2 aliphatic rings. The Morgan fingerprint density at radius 1 is 1.00 bits per heavy atom. The molecule has 0 aromatic carbocycles. The Hall–Kier alpha value is -0.540. The van der Waals surface area contributed by atoms with E-state index in [9.17, 15) is 26.3 Å². The van der Waals surface area contributed by atoms with Crippen molar-refractivity contribution >= 4 is 0 Å². The van der Waals surface area contributed by atoms with Crippen LogP contribution in [-0.4, -0.2) is 60.8 Å². The zero-order valence-electron chi connectivity index (χ0n) is 15.3. The number of ether oxygens (including phenoxy) is 2. The first kappa shape index (κ1) is 21.8. The molecule has 3 nitrogen and oxygen atoms in total. The fourth-order valence-electron chi connectivity index (χ4n) is 3.85. The second-order valence-corrected chi connectivity index (χ2v) is 7.77. The minimum atomic E-state index is -5.46. The number of halogens is 6. The summed E-state index contributed by atoms with van der Waals surface area (Å²) in [6, 6.07) is -0.442. The second kappa shape index (κ2) is 7.83. The molecule has 2 fully saturated rings. The van der Waals surface area contributed by atoms with Gasteiger partial charge in [-0.15, -0.1) is 0 Å². The number of nitrogens with zero attached hydrogens (tertiary/aromatic N) is 1. The molecule has 9 heteroatoms. The topological polar surface area (TPSA) is 21.7 Å². The molecule has 2 aliphatic heterocycles. The highest BCUT2D eigenvalue weighted by molar-refractivity contribution is 5.04. The van der Waals surface area contributed by atoms with Crippen LogP contribution in [0, 0.1) is 5.92 Å². The van der Waals surface area contributed by atoms with E-state index in [-0.39, 0.29) is 11.6 Å². The van der Waals surface area contributed by atoms with Gasteiger partial charge in [-0.05, 0) is 45.1 Å². The van der Waals surface area contributed by atoms with Crippen LogP contribution >= 0.6 is 0 Å². The van der Waals surface area contributed by atoms with Gasteiger partial charge in [-0.3, -0.25) is 4.90 Å². The summed E-state index contributed by atoms with van der Waals surface area (Å²) in [7, 11) is 0. The lowest BCUT2D eigenvalue weighted by Crippen LogP contribution is -2.50. The SMILES string of the molecule is CC(C)[C@@H](C)OC[C@@]12CCCN1[C@H](COC(C(F)(F)F)C(F)(F)F)CC2. The molecule has 0 aromatic rings. The lowest BCUT2D eigenvalue weighted by atomic mass is 9.95. The van der Waals surface area contributed by atoms with E-state index in [1.165, 1.54) is 0 Å². The molecular formula is C17H27F6NO2. The molecule has 2 heterocycles. The zero-order chi connectivity index (χ0) is 19.8. The first-order valence-corrected chi connectivity index (χ1v) is 9.00. The molecule has 0 N–H and O–H groups in total. The normalized spacial score (nSPS) is 29.0. The first-order chi connectivity index (χ1) is 11.9. The monoisotopic (exact) mass is 391 g/mol. The summed E-state index contributed by atoms with van der Waals surface area (Å²) >= 11 is 0. The Balaban J connectivity index is 1.98. The van der Waals surface area contributed by atoms with Crippen molar-refractivity contribution in [2.24, 2.45) is 5.92 Å². The van der Waals surface area contributed by atoms with E-state index in [1.54, 1.807) is 0 Å². The van der Waals surface area contributed by atoms with Crippen LogP contribution in [0.15, 0.2) is 0 Å². The van der Waals surface area contributed by atoms with Crippen molar-refractivity contribution in [3.05, 3.63) is 0 Å². The van der Waals surface area contributed by atoms with Crippen LogP contribution in [0.1, 0.15) is 46.5 Å². The largest absolute Gasteiger partial charge is 0.423 e. The van der Waals surface area contributed by atoms with Gasteiger partial charge in [0.05, 0.1) is 19.3 Å². The summed E-state index contributed by atoms with van der Waals surface area (Å²) in [6.07, 6.45) is -11.7. The predicted octanol–water partition coefficient (Wildman–Crippen LogP) is 4.55. The lowest BCUT2D eigenvalue weighted by Gasteiger charge is -2.36. The second-order valence-electron chi connectivity index (χ2n) is 7.77. The highest BCUT2D eigenvalue weighted by Crippen LogP contribution is 2.44. The quantitative estimate of drug-likeness (QED) is 0.594. The van der Waals surface area contributed by atoms with Crippen LogP contribution in [0.3, 0.4) is 0 Å². The molecule has 2 rings (SSSR count). The minimum Gasteiger partial charge on any atom is -0.376 e. The first-order valence-electron chi connectivity index (χ1n) is 9.00. The van der Waals surface area contributed by atoms with Gasteiger partial charge in [0, 0.05) is 11.6 Å². The molecule has 2 saturated heterocycles. The molecule has 0 aromatic heterocycles.